The van der Waals surface area contributed by atoms with E-state index in [4.69, 9.17) is 11.6 Å². The molecular weight excluding hydrogens is 309 g/mol. The zero-order valence-corrected chi connectivity index (χ0v) is 12.7. The standard InChI is InChI=1S/C16H17ClFNO3/c17-11-6-5-10(7-12(11)18)15(20)19-13-4-2-1-3-9(13)8-14(19)16(21)22/h5-7,9,13-14H,1-4,8H2,(H,21,22). The summed E-state index contributed by atoms with van der Waals surface area (Å²) in [6.45, 7) is 0. The van der Waals surface area contributed by atoms with E-state index in [1.54, 1.807) is 0 Å². The Morgan fingerprint density at radius 3 is 2.68 bits per heavy atom. The molecule has 118 valence electrons. The van der Waals surface area contributed by atoms with Gasteiger partial charge in [-0.3, -0.25) is 4.79 Å². The number of rotatable bonds is 2. The van der Waals surface area contributed by atoms with Crippen LogP contribution in [0.4, 0.5) is 4.39 Å². The minimum Gasteiger partial charge on any atom is -0.480 e. The van der Waals surface area contributed by atoms with Crippen molar-refractivity contribution in [3.05, 3.63) is 34.6 Å². The molecule has 3 rings (SSSR count). The number of hydrogen-bond acceptors (Lipinski definition) is 2. The van der Waals surface area contributed by atoms with E-state index in [1.165, 1.54) is 17.0 Å². The molecule has 1 saturated carbocycles. The summed E-state index contributed by atoms with van der Waals surface area (Å²) in [5, 5.41) is 9.38. The molecule has 1 saturated heterocycles. The largest absolute Gasteiger partial charge is 0.480 e. The number of likely N-dealkylation sites (tertiary alicyclic amines) is 1. The van der Waals surface area contributed by atoms with Gasteiger partial charge in [0.15, 0.2) is 0 Å². The SMILES string of the molecule is O=C(O)C1CC2CCCCC2N1C(=O)c1ccc(Cl)c(F)c1. The van der Waals surface area contributed by atoms with Crippen molar-refractivity contribution in [2.45, 2.75) is 44.2 Å². The van der Waals surface area contributed by atoms with Gasteiger partial charge in [-0.1, -0.05) is 24.4 Å². The normalized spacial score (nSPS) is 27.5. The fourth-order valence-corrected chi connectivity index (χ4v) is 3.87. The second-order valence-electron chi connectivity index (χ2n) is 6.04. The summed E-state index contributed by atoms with van der Waals surface area (Å²) in [6.07, 6.45) is 4.32. The summed E-state index contributed by atoms with van der Waals surface area (Å²) in [5.41, 5.74) is 0.152. The van der Waals surface area contributed by atoms with E-state index in [-0.39, 0.29) is 22.5 Å². The number of hydrogen-bond donors (Lipinski definition) is 1. The maximum atomic E-state index is 13.6. The first-order valence-corrected chi connectivity index (χ1v) is 7.87. The van der Waals surface area contributed by atoms with Gasteiger partial charge < -0.3 is 10.0 Å². The van der Waals surface area contributed by atoms with Crippen LogP contribution in [0.3, 0.4) is 0 Å². The van der Waals surface area contributed by atoms with Crippen LogP contribution in [0, 0.1) is 11.7 Å². The van der Waals surface area contributed by atoms with E-state index in [0.29, 0.717) is 6.42 Å². The van der Waals surface area contributed by atoms with Gasteiger partial charge in [0.05, 0.1) is 5.02 Å². The molecule has 6 heteroatoms. The smallest absolute Gasteiger partial charge is 0.326 e. The Kier molecular flexibility index (Phi) is 4.08. The molecule has 2 fully saturated rings. The Balaban J connectivity index is 1.93. The van der Waals surface area contributed by atoms with Crippen LogP contribution in [0.5, 0.6) is 0 Å². The van der Waals surface area contributed by atoms with Crippen molar-refractivity contribution in [2.75, 3.05) is 0 Å². The maximum Gasteiger partial charge on any atom is 0.326 e. The van der Waals surface area contributed by atoms with Crippen molar-refractivity contribution >= 4 is 23.5 Å². The van der Waals surface area contributed by atoms with Crippen molar-refractivity contribution in [1.82, 2.24) is 4.90 Å². The highest BCUT2D eigenvalue weighted by molar-refractivity contribution is 6.30. The van der Waals surface area contributed by atoms with E-state index < -0.39 is 23.7 Å². The molecule has 1 amide bonds. The van der Waals surface area contributed by atoms with Gasteiger partial charge in [-0.05, 0) is 43.4 Å². The third kappa shape index (κ3) is 2.58. The number of fused-ring (bicyclic) bond motifs is 1. The summed E-state index contributed by atoms with van der Waals surface area (Å²) < 4.78 is 13.6. The van der Waals surface area contributed by atoms with Crippen molar-refractivity contribution in [2.24, 2.45) is 5.92 Å². The Labute approximate surface area is 132 Å². The molecule has 0 bridgehead atoms. The highest BCUT2D eigenvalue weighted by Gasteiger charge is 2.47. The molecule has 22 heavy (non-hydrogen) atoms. The highest BCUT2D eigenvalue weighted by atomic mass is 35.5. The Hall–Kier alpha value is -1.62. The molecule has 2 aliphatic rings. The Morgan fingerprint density at radius 1 is 1.27 bits per heavy atom. The zero-order valence-electron chi connectivity index (χ0n) is 12.0. The molecule has 3 atom stereocenters. The lowest BCUT2D eigenvalue weighted by Gasteiger charge is -2.33. The van der Waals surface area contributed by atoms with Crippen molar-refractivity contribution in [3.63, 3.8) is 0 Å². The minimum absolute atomic E-state index is 0.0525. The number of halogens is 2. The van der Waals surface area contributed by atoms with Gasteiger partial charge in [0, 0.05) is 11.6 Å². The van der Waals surface area contributed by atoms with Gasteiger partial charge in [-0.2, -0.15) is 0 Å². The molecule has 0 aromatic heterocycles. The average Bonchev–Trinajstić information content (AvgIpc) is 2.89. The first-order valence-electron chi connectivity index (χ1n) is 7.49. The Bertz CT molecular complexity index is 621. The molecule has 4 nitrogen and oxygen atoms in total. The van der Waals surface area contributed by atoms with Gasteiger partial charge in [0.1, 0.15) is 11.9 Å². The van der Waals surface area contributed by atoms with E-state index in [1.807, 2.05) is 0 Å². The summed E-state index contributed by atoms with van der Waals surface area (Å²) in [6, 6.07) is 2.98. The number of carboxylic acid groups (broad SMARTS) is 1. The van der Waals surface area contributed by atoms with Crippen molar-refractivity contribution < 1.29 is 19.1 Å². The van der Waals surface area contributed by atoms with E-state index in [2.05, 4.69) is 0 Å². The first-order chi connectivity index (χ1) is 10.5. The van der Waals surface area contributed by atoms with Gasteiger partial charge >= 0.3 is 5.97 Å². The molecule has 1 aromatic carbocycles. The average molecular weight is 326 g/mol. The minimum atomic E-state index is -0.989. The van der Waals surface area contributed by atoms with Gasteiger partial charge in [0.25, 0.3) is 5.91 Å². The third-order valence-electron chi connectivity index (χ3n) is 4.77. The van der Waals surface area contributed by atoms with Crippen molar-refractivity contribution in [1.29, 1.82) is 0 Å². The number of carboxylic acids is 1. The Morgan fingerprint density at radius 2 is 2.00 bits per heavy atom. The maximum absolute atomic E-state index is 13.6. The molecule has 1 aromatic rings. The van der Waals surface area contributed by atoms with Gasteiger partial charge in [-0.25, -0.2) is 9.18 Å². The van der Waals surface area contributed by atoms with E-state index in [0.717, 1.165) is 31.7 Å². The lowest BCUT2D eigenvalue weighted by atomic mass is 9.84. The van der Waals surface area contributed by atoms with Crippen molar-refractivity contribution in [3.8, 4) is 0 Å². The quantitative estimate of drug-likeness (QED) is 0.907. The summed E-state index contributed by atoms with van der Waals surface area (Å²) in [5.74, 6) is -1.84. The number of amides is 1. The van der Waals surface area contributed by atoms with Crippen LogP contribution >= 0.6 is 11.6 Å². The summed E-state index contributed by atoms with van der Waals surface area (Å²) >= 11 is 5.64. The van der Waals surface area contributed by atoms with Crippen LogP contribution in [-0.4, -0.2) is 34.0 Å². The molecule has 3 unspecified atom stereocenters. The molecule has 1 heterocycles. The van der Waals surface area contributed by atoms with Crippen LogP contribution < -0.4 is 0 Å². The number of aliphatic carboxylic acids is 1. The predicted molar refractivity (Wildman–Crippen MR) is 79.4 cm³/mol. The third-order valence-corrected chi connectivity index (χ3v) is 5.08. The van der Waals surface area contributed by atoms with Crippen LogP contribution in [0.15, 0.2) is 18.2 Å². The molecule has 1 N–H and O–H groups in total. The molecule has 1 aliphatic carbocycles. The second kappa shape index (κ2) is 5.88. The lowest BCUT2D eigenvalue weighted by Crippen LogP contribution is -2.46. The summed E-state index contributed by atoms with van der Waals surface area (Å²) in [4.78, 5) is 25.7. The van der Waals surface area contributed by atoms with Crippen LogP contribution in [0.1, 0.15) is 42.5 Å². The number of carbonyl (C=O) groups excluding carboxylic acids is 1. The fraction of sp³-hybridized carbons (Fsp3) is 0.500. The van der Waals surface area contributed by atoms with Crippen LogP contribution in [-0.2, 0) is 4.79 Å². The topological polar surface area (TPSA) is 57.6 Å². The highest BCUT2D eigenvalue weighted by Crippen LogP contribution is 2.40. The van der Waals surface area contributed by atoms with E-state index >= 15 is 0 Å². The lowest BCUT2D eigenvalue weighted by molar-refractivity contribution is -0.141. The zero-order chi connectivity index (χ0) is 15.9. The molecular formula is C16H17ClFNO3. The molecule has 1 aliphatic heterocycles. The second-order valence-corrected chi connectivity index (χ2v) is 6.45. The van der Waals surface area contributed by atoms with Crippen LogP contribution in [0.2, 0.25) is 5.02 Å². The number of carbonyl (C=O) groups is 2. The number of nitrogens with zero attached hydrogens (tertiary/aromatic N) is 1. The van der Waals surface area contributed by atoms with Crippen LogP contribution in [0.25, 0.3) is 0 Å². The van der Waals surface area contributed by atoms with E-state index in [9.17, 15) is 19.1 Å². The summed E-state index contributed by atoms with van der Waals surface area (Å²) in [7, 11) is 0. The van der Waals surface area contributed by atoms with Gasteiger partial charge in [-0.15, -0.1) is 0 Å². The first kappa shape index (κ1) is 15.3. The predicted octanol–water partition coefficient (Wildman–Crippen LogP) is 3.34. The monoisotopic (exact) mass is 325 g/mol. The fourth-order valence-electron chi connectivity index (χ4n) is 3.75. The number of benzene rings is 1. The van der Waals surface area contributed by atoms with Gasteiger partial charge in [0.2, 0.25) is 0 Å². The molecule has 0 radical (unpaired) electrons. The molecule has 0 spiro atoms.